The van der Waals surface area contributed by atoms with Crippen molar-refractivity contribution in [3.05, 3.63) is 0 Å². The van der Waals surface area contributed by atoms with E-state index in [1.807, 2.05) is 0 Å². The predicted octanol–water partition coefficient (Wildman–Crippen LogP) is -0.138. The molecule has 1 aliphatic carbocycles. The Morgan fingerprint density at radius 3 is 2.54 bits per heavy atom. The summed E-state index contributed by atoms with van der Waals surface area (Å²) in [5, 5.41) is 4.67. The van der Waals surface area contributed by atoms with E-state index in [4.69, 9.17) is 4.84 Å². The fourth-order valence-corrected chi connectivity index (χ4v) is 2.45. The molecule has 2 unspecified atom stereocenters. The highest BCUT2D eigenvalue weighted by molar-refractivity contribution is 5.79. The lowest BCUT2D eigenvalue weighted by Gasteiger charge is -2.49. The minimum absolute atomic E-state index is 0.144. The van der Waals surface area contributed by atoms with Gasteiger partial charge in [-0.05, 0) is 31.3 Å². The summed E-state index contributed by atoms with van der Waals surface area (Å²) in [6, 6.07) is 0. The summed E-state index contributed by atoms with van der Waals surface area (Å²) in [7, 11) is 3.22. The lowest BCUT2D eigenvalue weighted by atomic mass is 9.62. The minimum Gasteiger partial charge on any atom is -0.316 e. The van der Waals surface area contributed by atoms with Gasteiger partial charge in [-0.15, -0.1) is 0 Å². The molecule has 0 spiro atoms. The zero-order chi connectivity index (χ0) is 9.42. The number of nitrogens with zero attached hydrogens (tertiary/aromatic N) is 1. The number of amides is 1. The van der Waals surface area contributed by atoms with Gasteiger partial charge < -0.3 is 5.32 Å². The quantitative estimate of drug-likeness (QED) is 0.607. The van der Waals surface area contributed by atoms with Crippen LogP contribution in [0.25, 0.3) is 0 Å². The molecule has 74 valence electrons. The van der Waals surface area contributed by atoms with E-state index >= 15 is 0 Å². The van der Waals surface area contributed by atoms with Crippen molar-refractivity contribution >= 4 is 5.91 Å². The van der Waals surface area contributed by atoms with Gasteiger partial charge in [-0.1, -0.05) is 0 Å². The molecule has 0 aromatic heterocycles. The molecule has 1 N–H and O–H groups in total. The largest absolute Gasteiger partial charge is 0.316 e. The van der Waals surface area contributed by atoms with Crippen LogP contribution < -0.4 is 5.32 Å². The lowest BCUT2D eigenvalue weighted by molar-refractivity contribution is -0.184. The Kier molecular flexibility index (Phi) is 2.26. The van der Waals surface area contributed by atoms with Crippen molar-refractivity contribution in [2.45, 2.75) is 6.42 Å². The number of hydroxylamine groups is 2. The predicted molar refractivity (Wildman–Crippen MR) is 47.7 cm³/mol. The summed E-state index contributed by atoms with van der Waals surface area (Å²) in [6.45, 7) is 1.98. The van der Waals surface area contributed by atoms with Crippen LogP contribution in [-0.4, -0.2) is 38.2 Å². The van der Waals surface area contributed by atoms with Gasteiger partial charge in [0.2, 0.25) is 5.91 Å². The first-order valence-corrected chi connectivity index (χ1v) is 4.76. The molecule has 4 heteroatoms. The summed E-state index contributed by atoms with van der Waals surface area (Å²) < 4.78 is 0. The molecule has 4 nitrogen and oxygen atoms in total. The van der Waals surface area contributed by atoms with Crippen LogP contribution in [0.2, 0.25) is 0 Å². The SMILES string of the molecule is CON(C)C(=O)C1C2CNCC1C2. The Balaban J connectivity index is 1.98. The molecule has 0 aromatic carbocycles. The molecule has 3 aliphatic rings. The number of nitrogens with one attached hydrogen (secondary N) is 1. The standard InChI is InChI=1S/C9H16N2O2/c1-11(13-2)9(12)8-6-3-7(8)5-10-4-6/h6-8,10H,3-5H2,1-2H3. The van der Waals surface area contributed by atoms with Gasteiger partial charge in [-0.25, -0.2) is 5.06 Å². The Morgan fingerprint density at radius 2 is 2.08 bits per heavy atom. The summed E-state index contributed by atoms with van der Waals surface area (Å²) in [5.74, 6) is 1.45. The van der Waals surface area contributed by atoms with Gasteiger partial charge in [0.25, 0.3) is 0 Å². The highest BCUT2D eigenvalue weighted by Gasteiger charge is 2.48. The van der Waals surface area contributed by atoms with Crippen LogP contribution in [0.15, 0.2) is 0 Å². The van der Waals surface area contributed by atoms with E-state index in [0.29, 0.717) is 11.8 Å². The summed E-state index contributed by atoms with van der Waals surface area (Å²) in [4.78, 5) is 16.6. The maximum atomic E-state index is 11.7. The normalized spacial score (nSPS) is 36.6. The van der Waals surface area contributed by atoms with E-state index in [1.54, 1.807) is 7.05 Å². The number of hydrogen-bond acceptors (Lipinski definition) is 3. The van der Waals surface area contributed by atoms with Gasteiger partial charge in [0, 0.05) is 13.0 Å². The molecule has 2 saturated heterocycles. The topological polar surface area (TPSA) is 41.6 Å². The molecule has 3 rings (SSSR count). The number of fused-ring (bicyclic) bond motifs is 2. The van der Waals surface area contributed by atoms with Crippen molar-refractivity contribution in [2.24, 2.45) is 17.8 Å². The number of rotatable bonds is 2. The van der Waals surface area contributed by atoms with E-state index in [2.05, 4.69) is 5.32 Å². The van der Waals surface area contributed by atoms with Gasteiger partial charge in [0.15, 0.2) is 0 Å². The smallest absolute Gasteiger partial charge is 0.249 e. The molecule has 2 heterocycles. The van der Waals surface area contributed by atoms with Gasteiger partial charge in [-0.3, -0.25) is 9.63 Å². The Bertz CT molecular complexity index is 206. The summed E-state index contributed by atoms with van der Waals surface area (Å²) >= 11 is 0. The van der Waals surface area contributed by atoms with E-state index in [0.717, 1.165) is 13.1 Å². The van der Waals surface area contributed by atoms with Crippen LogP contribution in [0, 0.1) is 17.8 Å². The third kappa shape index (κ3) is 1.34. The van der Waals surface area contributed by atoms with Gasteiger partial charge >= 0.3 is 0 Å². The van der Waals surface area contributed by atoms with Crippen LogP contribution >= 0.6 is 0 Å². The third-order valence-corrected chi connectivity index (χ3v) is 3.30. The molecule has 13 heavy (non-hydrogen) atoms. The molecule has 2 atom stereocenters. The molecular formula is C9H16N2O2. The molecule has 0 aromatic rings. The highest BCUT2D eigenvalue weighted by atomic mass is 16.7. The molecule has 0 radical (unpaired) electrons. The molecule has 2 aliphatic heterocycles. The second-order valence-corrected chi connectivity index (χ2v) is 3.96. The minimum atomic E-state index is 0.144. The second-order valence-electron chi connectivity index (χ2n) is 3.96. The van der Waals surface area contributed by atoms with Crippen molar-refractivity contribution in [3.63, 3.8) is 0 Å². The first-order valence-electron chi connectivity index (χ1n) is 4.76. The maximum Gasteiger partial charge on any atom is 0.249 e. The van der Waals surface area contributed by atoms with Crippen molar-refractivity contribution in [1.82, 2.24) is 10.4 Å². The van der Waals surface area contributed by atoms with Crippen LogP contribution in [-0.2, 0) is 9.63 Å². The maximum absolute atomic E-state index is 11.7. The highest BCUT2D eigenvalue weighted by Crippen LogP contribution is 2.43. The van der Waals surface area contributed by atoms with Crippen molar-refractivity contribution in [3.8, 4) is 0 Å². The second kappa shape index (κ2) is 3.27. The van der Waals surface area contributed by atoms with Crippen LogP contribution in [0.3, 0.4) is 0 Å². The molecule has 2 bridgehead atoms. The fraction of sp³-hybridized carbons (Fsp3) is 0.889. The van der Waals surface area contributed by atoms with Gasteiger partial charge in [0.05, 0.1) is 7.11 Å². The average molecular weight is 184 g/mol. The number of hydrogen-bond donors (Lipinski definition) is 1. The van der Waals surface area contributed by atoms with Gasteiger partial charge in [-0.2, -0.15) is 0 Å². The lowest BCUT2D eigenvalue weighted by Crippen LogP contribution is -2.58. The van der Waals surface area contributed by atoms with E-state index in [1.165, 1.54) is 18.6 Å². The first-order chi connectivity index (χ1) is 6.24. The zero-order valence-electron chi connectivity index (χ0n) is 8.12. The van der Waals surface area contributed by atoms with Gasteiger partial charge in [0.1, 0.15) is 0 Å². The molecule has 1 amide bonds. The molecular weight excluding hydrogens is 168 g/mol. The average Bonchev–Trinajstić information content (AvgIpc) is 2.17. The van der Waals surface area contributed by atoms with E-state index in [9.17, 15) is 4.79 Å². The van der Waals surface area contributed by atoms with Crippen LogP contribution in [0.5, 0.6) is 0 Å². The molecule has 1 saturated carbocycles. The Hall–Kier alpha value is -0.610. The van der Waals surface area contributed by atoms with E-state index < -0.39 is 0 Å². The van der Waals surface area contributed by atoms with Crippen molar-refractivity contribution in [2.75, 3.05) is 27.2 Å². The molecule has 3 fully saturated rings. The Labute approximate surface area is 78.2 Å². The van der Waals surface area contributed by atoms with E-state index in [-0.39, 0.29) is 11.8 Å². The Morgan fingerprint density at radius 1 is 1.46 bits per heavy atom. The van der Waals surface area contributed by atoms with Crippen LogP contribution in [0.1, 0.15) is 6.42 Å². The first kappa shape index (κ1) is 8.97. The number of piperidine rings is 2. The number of carbonyl (C=O) groups is 1. The van der Waals surface area contributed by atoms with Crippen molar-refractivity contribution in [1.29, 1.82) is 0 Å². The zero-order valence-corrected chi connectivity index (χ0v) is 8.12. The summed E-state index contributed by atoms with van der Waals surface area (Å²) in [6.07, 6.45) is 1.21. The monoisotopic (exact) mass is 184 g/mol. The number of carbonyl (C=O) groups excluding carboxylic acids is 1. The summed E-state index contributed by atoms with van der Waals surface area (Å²) in [5.41, 5.74) is 0. The third-order valence-electron chi connectivity index (χ3n) is 3.30. The van der Waals surface area contributed by atoms with Crippen molar-refractivity contribution < 1.29 is 9.63 Å². The van der Waals surface area contributed by atoms with Crippen LogP contribution in [0.4, 0.5) is 0 Å². The fourth-order valence-electron chi connectivity index (χ4n) is 2.45.